The Hall–Kier alpha value is -1.27. The van der Waals surface area contributed by atoms with Crippen LogP contribution in [0.25, 0.3) is 11.3 Å². The molecule has 6 heteroatoms. The van der Waals surface area contributed by atoms with Crippen molar-refractivity contribution in [1.29, 1.82) is 0 Å². The molecule has 0 radical (unpaired) electrons. The predicted molar refractivity (Wildman–Crippen MR) is 77.5 cm³/mol. The zero-order valence-corrected chi connectivity index (χ0v) is 12.7. The van der Waals surface area contributed by atoms with Gasteiger partial charge in [0.2, 0.25) is 0 Å². The number of halogens is 1. The van der Waals surface area contributed by atoms with Gasteiger partial charge in [0.25, 0.3) is 0 Å². The lowest BCUT2D eigenvalue weighted by atomic mass is 10.1. The topological polar surface area (TPSA) is 57.4 Å². The number of ether oxygens (including phenoxy) is 2. The molecule has 0 saturated heterocycles. The van der Waals surface area contributed by atoms with E-state index < -0.39 is 0 Å². The van der Waals surface area contributed by atoms with Gasteiger partial charge >= 0.3 is 0 Å². The van der Waals surface area contributed by atoms with Crippen LogP contribution < -0.4 is 15.2 Å². The van der Waals surface area contributed by atoms with Gasteiger partial charge in [0.1, 0.15) is 11.5 Å². The molecule has 18 heavy (non-hydrogen) atoms. The zero-order valence-electron chi connectivity index (χ0n) is 10.3. The minimum absolute atomic E-state index is 0.548. The van der Waals surface area contributed by atoms with E-state index in [0.717, 1.165) is 32.1 Å². The summed E-state index contributed by atoms with van der Waals surface area (Å²) in [4.78, 5) is 5.39. The Labute approximate surface area is 118 Å². The first-order valence-corrected chi connectivity index (χ1v) is 6.82. The van der Waals surface area contributed by atoms with Gasteiger partial charge in [0, 0.05) is 10.4 Å². The third kappa shape index (κ3) is 2.30. The molecule has 1 aromatic carbocycles. The van der Waals surface area contributed by atoms with Gasteiger partial charge in [-0.15, -0.1) is 11.3 Å². The number of nitrogen functional groups attached to an aromatic ring is 1. The molecule has 0 saturated carbocycles. The maximum atomic E-state index is 5.73. The van der Waals surface area contributed by atoms with Crippen LogP contribution in [-0.2, 0) is 0 Å². The molecule has 4 nitrogen and oxygen atoms in total. The molecule has 0 aliphatic carbocycles. The number of benzene rings is 1. The predicted octanol–water partition coefficient (Wildman–Crippen LogP) is 3.48. The summed E-state index contributed by atoms with van der Waals surface area (Å²) in [5, 5.41) is 0.548. The van der Waals surface area contributed by atoms with Gasteiger partial charge < -0.3 is 15.2 Å². The van der Waals surface area contributed by atoms with Gasteiger partial charge in [0.05, 0.1) is 24.4 Å². The number of nitrogens with zero attached hydrogens (tertiary/aromatic N) is 1. The Morgan fingerprint density at radius 2 is 1.89 bits per heavy atom. The standard InChI is InChI=1S/C12H13BrN2O2S/c1-6-11(15-12(14)18-6)7-4-10(17-3)8(13)5-9(7)16-2/h4-5H,1-3H3,(H2,14,15). The molecule has 0 spiro atoms. The highest BCUT2D eigenvalue weighted by atomic mass is 79.9. The lowest BCUT2D eigenvalue weighted by Gasteiger charge is -2.11. The Kier molecular flexibility index (Phi) is 3.77. The van der Waals surface area contributed by atoms with E-state index in [1.807, 2.05) is 19.1 Å². The third-order valence-electron chi connectivity index (χ3n) is 2.54. The summed E-state index contributed by atoms with van der Waals surface area (Å²) in [7, 11) is 3.25. The minimum atomic E-state index is 0.548. The van der Waals surface area contributed by atoms with Crippen LogP contribution >= 0.6 is 27.3 Å². The molecule has 1 aromatic heterocycles. The summed E-state index contributed by atoms with van der Waals surface area (Å²) >= 11 is 4.89. The largest absolute Gasteiger partial charge is 0.496 e. The Morgan fingerprint density at radius 1 is 1.22 bits per heavy atom. The van der Waals surface area contributed by atoms with Crippen molar-refractivity contribution in [2.75, 3.05) is 20.0 Å². The van der Waals surface area contributed by atoms with Crippen molar-refractivity contribution >= 4 is 32.4 Å². The van der Waals surface area contributed by atoms with E-state index in [1.54, 1.807) is 14.2 Å². The number of anilines is 1. The SMILES string of the molecule is COc1cc(-c2nc(N)sc2C)c(OC)cc1Br. The van der Waals surface area contributed by atoms with Crippen molar-refractivity contribution in [3.05, 3.63) is 21.5 Å². The highest BCUT2D eigenvalue weighted by Crippen LogP contribution is 2.40. The van der Waals surface area contributed by atoms with Crippen LogP contribution in [0.4, 0.5) is 5.13 Å². The van der Waals surface area contributed by atoms with Crippen molar-refractivity contribution in [2.45, 2.75) is 6.92 Å². The number of hydrogen-bond acceptors (Lipinski definition) is 5. The van der Waals surface area contributed by atoms with Crippen LogP contribution in [-0.4, -0.2) is 19.2 Å². The molecular weight excluding hydrogens is 316 g/mol. The fraction of sp³-hybridized carbons (Fsp3) is 0.250. The second-order valence-electron chi connectivity index (χ2n) is 3.64. The number of aromatic nitrogens is 1. The monoisotopic (exact) mass is 328 g/mol. The molecule has 0 aliphatic heterocycles. The van der Waals surface area contributed by atoms with E-state index in [0.29, 0.717) is 5.13 Å². The summed E-state index contributed by atoms with van der Waals surface area (Å²) in [6, 6.07) is 3.76. The molecule has 96 valence electrons. The number of hydrogen-bond donors (Lipinski definition) is 1. The van der Waals surface area contributed by atoms with Crippen LogP contribution in [0.1, 0.15) is 4.88 Å². The summed E-state index contributed by atoms with van der Waals surface area (Å²) < 4.78 is 11.5. The van der Waals surface area contributed by atoms with E-state index in [4.69, 9.17) is 15.2 Å². The summed E-state index contributed by atoms with van der Waals surface area (Å²) in [5.74, 6) is 1.47. The number of nitrogens with two attached hydrogens (primary N) is 1. The molecule has 0 aliphatic rings. The van der Waals surface area contributed by atoms with Gasteiger partial charge in [-0.3, -0.25) is 0 Å². The van der Waals surface area contributed by atoms with Crippen molar-refractivity contribution in [1.82, 2.24) is 4.98 Å². The lowest BCUT2D eigenvalue weighted by Crippen LogP contribution is -1.93. The summed E-state index contributed by atoms with van der Waals surface area (Å²) in [6.07, 6.45) is 0. The van der Waals surface area contributed by atoms with Gasteiger partial charge in [-0.1, -0.05) is 0 Å². The van der Waals surface area contributed by atoms with E-state index in [9.17, 15) is 0 Å². The van der Waals surface area contributed by atoms with E-state index in [1.165, 1.54) is 11.3 Å². The van der Waals surface area contributed by atoms with Gasteiger partial charge in [-0.25, -0.2) is 4.98 Å². The maximum Gasteiger partial charge on any atom is 0.180 e. The van der Waals surface area contributed by atoms with Gasteiger partial charge in [-0.05, 0) is 35.0 Å². The van der Waals surface area contributed by atoms with Gasteiger partial charge in [0.15, 0.2) is 5.13 Å². The third-order valence-corrected chi connectivity index (χ3v) is 3.96. The quantitative estimate of drug-likeness (QED) is 0.937. The fourth-order valence-corrected chi connectivity index (χ4v) is 2.90. The minimum Gasteiger partial charge on any atom is -0.496 e. The Balaban J connectivity index is 2.65. The van der Waals surface area contributed by atoms with E-state index >= 15 is 0 Å². The number of rotatable bonds is 3. The lowest BCUT2D eigenvalue weighted by molar-refractivity contribution is 0.402. The van der Waals surface area contributed by atoms with Crippen LogP contribution in [0.15, 0.2) is 16.6 Å². The first-order valence-electron chi connectivity index (χ1n) is 5.21. The van der Waals surface area contributed by atoms with Crippen LogP contribution in [0.3, 0.4) is 0 Å². The first kappa shape index (κ1) is 13.2. The Morgan fingerprint density at radius 3 is 2.39 bits per heavy atom. The smallest absolute Gasteiger partial charge is 0.180 e. The average molecular weight is 329 g/mol. The van der Waals surface area contributed by atoms with E-state index in [2.05, 4.69) is 20.9 Å². The van der Waals surface area contributed by atoms with Crippen molar-refractivity contribution < 1.29 is 9.47 Å². The van der Waals surface area contributed by atoms with Crippen LogP contribution in [0.2, 0.25) is 0 Å². The summed E-state index contributed by atoms with van der Waals surface area (Å²) in [6.45, 7) is 1.98. The fourth-order valence-electron chi connectivity index (χ4n) is 1.71. The second-order valence-corrected chi connectivity index (χ2v) is 5.73. The number of thiazole rings is 1. The van der Waals surface area contributed by atoms with Crippen LogP contribution in [0, 0.1) is 6.92 Å². The van der Waals surface area contributed by atoms with Crippen molar-refractivity contribution in [3.8, 4) is 22.8 Å². The normalized spacial score (nSPS) is 10.4. The van der Waals surface area contributed by atoms with E-state index in [-0.39, 0.29) is 0 Å². The number of aryl methyl sites for hydroxylation is 1. The molecule has 1 heterocycles. The molecule has 0 bridgehead atoms. The highest BCUT2D eigenvalue weighted by molar-refractivity contribution is 9.10. The molecule has 2 rings (SSSR count). The zero-order chi connectivity index (χ0) is 13.3. The molecule has 2 N–H and O–H groups in total. The second kappa shape index (κ2) is 5.16. The first-order chi connectivity index (χ1) is 8.56. The number of methoxy groups -OCH3 is 2. The van der Waals surface area contributed by atoms with Gasteiger partial charge in [-0.2, -0.15) is 0 Å². The highest BCUT2D eigenvalue weighted by Gasteiger charge is 2.16. The Bertz CT molecular complexity index is 584. The molecular formula is C12H13BrN2O2S. The molecule has 0 amide bonds. The van der Waals surface area contributed by atoms with Crippen LogP contribution in [0.5, 0.6) is 11.5 Å². The molecule has 0 unspecified atom stereocenters. The molecule has 0 atom stereocenters. The molecule has 0 fully saturated rings. The summed E-state index contributed by atoms with van der Waals surface area (Å²) in [5.41, 5.74) is 7.45. The average Bonchev–Trinajstić information content (AvgIpc) is 2.68. The van der Waals surface area contributed by atoms with Crippen molar-refractivity contribution in [2.24, 2.45) is 0 Å². The molecule has 2 aromatic rings. The maximum absolute atomic E-state index is 5.73. The van der Waals surface area contributed by atoms with Crippen molar-refractivity contribution in [3.63, 3.8) is 0 Å².